The minimum atomic E-state index is -3.96. The molecule has 98 valence electrons. The van der Waals surface area contributed by atoms with Crippen LogP contribution in [0.5, 0.6) is 0 Å². The van der Waals surface area contributed by atoms with E-state index < -0.39 is 28.4 Å². The van der Waals surface area contributed by atoms with Crippen LogP contribution in [0.4, 0.5) is 0 Å². The van der Waals surface area contributed by atoms with E-state index in [2.05, 4.69) is 0 Å². The van der Waals surface area contributed by atoms with Gasteiger partial charge < -0.3 is 10.8 Å². The highest BCUT2D eigenvalue weighted by Gasteiger charge is 2.19. The molecule has 0 unspecified atom stereocenters. The maximum absolute atomic E-state index is 11.8. The smallest absolute Gasteiger partial charge is 0.335 e. The minimum Gasteiger partial charge on any atom is -0.478 e. The number of nitrogens with one attached hydrogen (secondary N) is 1. The summed E-state index contributed by atoms with van der Waals surface area (Å²) in [6.45, 7) is 0.976. The predicted octanol–water partition coefficient (Wildman–Crippen LogP) is -0.543. The van der Waals surface area contributed by atoms with Crippen molar-refractivity contribution in [1.82, 2.24) is 4.72 Å². The van der Waals surface area contributed by atoms with E-state index in [1.165, 1.54) is 19.1 Å². The number of carbonyl (C=O) groups excluding carboxylic acids is 1. The van der Waals surface area contributed by atoms with Crippen LogP contribution < -0.4 is 10.5 Å². The Kier molecular flexibility index (Phi) is 4.04. The molecule has 1 amide bonds. The Bertz CT molecular complexity index is 594. The predicted molar refractivity (Wildman–Crippen MR) is 62.5 cm³/mol. The molecule has 1 aromatic rings. The SMILES string of the molecule is Cc1ccc(C(=O)O)cc1S(=O)(=O)NCC(N)=O. The average molecular weight is 272 g/mol. The van der Waals surface area contributed by atoms with Gasteiger partial charge in [-0.1, -0.05) is 6.07 Å². The molecule has 0 atom stereocenters. The van der Waals surface area contributed by atoms with Crippen LogP contribution in [-0.2, 0) is 14.8 Å². The number of nitrogens with two attached hydrogens (primary N) is 1. The second-order valence-corrected chi connectivity index (χ2v) is 5.31. The first-order valence-electron chi connectivity index (χ1n) is 4.86. The van der Waals surface area contributed by atoms with E-state index in [4.69, 9.17) is 10.8 Å². The molecule has 4 N–H and O–H groups in total. The third kappa shape index (κ3) is 3.28. The third-order valence-electron chi connectivity index (χ3n) is 2.16. The Balaban J connectivity index is 3.18. The third-order valence-corrected chi connectivity index (χ3v) is 3.70. The van der Waals surface area contributed by atoms with E-state index in [0.29, 0.717) is 5.56 Å². The molecule has 0 fully saturated rings. The molecule has 0 radical (unpaired) electrons. The summed E-state index contributed by atoms with van der Waals surface area (Å²) in [7, 11) is -3.96. The number of carboxylic acids is 1. The Morgan fingerprint density at radius 2 is 2.00 bits per heavy atom. The van der Waals surface area contributed by atoms with Gasteiger partial charge >= 0.3 is 5.97 Å². The molecule has 0 saturated carbocycles. The Morgan fingerprint density at radius 1 is 1.39 bits per heavy atom. The molecule has 0 aromatic heterocycles. The summed E-state index contributed by atoms with van der Waals surface area (Å²) in [6, 6.07) is 3.70. The molecule has 18 heavy (non-hydrogen) atoms. The van der Waals surface area contributed by atoms with E-state index in [1.54, 1.807) is 0 Å². The van der Waals surface area contributed by atoms with Gasteiger partial charge in [0.05, 0.1) is 17.0 Å². The minimum absolute atomic E-state index is 0.153. The zero-order chi connectivity index (χ0) is 13.9. The van der Waals surface area contributed by atoms with Crippen LogP contribution in [0.2, 0.25) is 0 Å². The molecule has 0 heterocycles. The first-order chi connectivity index (χ1) is 8.24. The fraction of sp³-hybridized carbons (Fsp3) is 0.200. The normalized spacial score (nSPS) is 11.2. The van der Waals surface area contributed by atoms with Gasteiger partial charge in [0, 0.05) is 0 Å². The van der Waals surface area contributed by atoms with Gasteiger partial charge in [-0.2, -0.15) is 0 Å². The van der Waals surface area contributed by atoms with E-state index in [0.717, 1.165) is 6.07 Å². The molecular weight excluding hydrogens is 260 g/mol. The van der Waals surface area contributed by atoms with Crippen molar-refractivity contribution in [3.05, 3.63) is 29.3 Å². The van der Waals surface area contributed by atoms with Crippen LogP contribution in [0.1, 0.15) is 15.9 Å². The number of hydrogen-bond acceptors (Lipinski definition) is 4. The van der Waals surface area contributed by atoms with Gasteiger partial charge in [-0.25, -0.2) is 17.9 Å². The van der Waals surface area contributed by atoms with Crippen molar-refractivity contribution in [2.24, 2.45) is 5.73 Å². The van der Waals surface area contributed by atoms with Gasteiger partial charge in [0.25, 0.3) is 0 Å². The van der Waals surface area contributed by atoms with Crippen molar-refractivity contribution in [1.29, 1.82) is 0 Å². The molecule has 0 bridgehead atoms. The lowest BCUT2D eigenvalue weighted by molar-refractivity contribution is -0.116. The van der Waals surface area contributed by atoms with Gasteiger partial charge in [0.15, 0.2) is 0 Å². The quantitative estimate of drug-likeness (QED) is 0.663. The van der Waals surface area contributed by atoms with E-state index in [-0.39, 0.29) is 10.5 Å². The Labute approximate surface area is 104 Å². The number of amides is 1. The van der Waals surface area contributed by atoms with Crippen molar-refractivity contribution in [3.8, 4) is 0 Å². The summed E-state index contributed by atoms with van der Waals surface area (Å²) in [6.07, 6.45) is 0. The summed E-state index contributed by atoms with van der Waals surface area (Å²) in [5.41, 5.74) is 5.05. The van der Waals surface area contributed by atoms with Crippen molar-refractivity contribution in [3.63, 3.8) is 0 Å². The number of aryl methyl sites for hydroxylation is 1. The molecule has 0 saturated heterocycles. The topological polar surface area (TPSA) is 127 Å². The van der Waals surface area contributed by atoms with Crippen LogP contribution in [-0.4, -0.2) is 31.9 Å². The lowest BCUT2D eigenvalue weighted by Gasteiger charge is -2.08. The lowest BCUT2D eigenvalue weighted by atomic mass is 10.1. The molecule has 8 heteroatoms. The van der Waals surface area contributed by atoms with Gasteiger partial charge in [0.2, 0.25) is 15.9 Å². The number of aromatic carboxylic acids is 1. The highest BCUT2D eigenvalue weighted by atomic mass is 32.2. The highest BCUT2D eigenvalue weighted by Crippen LogP contribution is 2.16. The van der Waals surface area contributed by atoms with Crippen LogP contribution in [0, 0.1) is 6.92 Å². The monoisotopic (exact) mass is 272 g/mol. The fourth-order valence-electron chi connectivity index (χ4n) is 1.27. The number of primary amides is 1. The summed E-state index contributed by atoms with van der Waals surface area (Å²) in [5.74, 6) is -2.06. The summed E-state index contributed by atoms with van der Waals surface area (Å²) in [4.78, 5) is 21.1. The molecule has 7 nitrogen and oxygen atoms in total. The van der Waals surface area contributed by atoms with Gasteiger partial charge in [0.1, 0.15) is 0 Å². The molecule has 0 aliphatic rings. The van der Waals surface area contributed by atoms with Crippen LogP contribution in [0.15, 0.2) is 23.1 Å². The number of sulfonamides is 1. The summed E-state index contributed by atoms with van der Waals surface area (Å²) < 4.78 is 25.6. The fourth-order valence-corrected chi connectivity index (χ4v) is 2.53. The van der Waals surface area contributed by atoms with Crippen LogP contribution in [0.25, 0.3) is 0 Å². The lowest BCUT2D eigenvalue weighted by Crippen LogP contribution is -2.33. The second kappa shape index (κ2) is 5.15. The van der Waals surface area contributed by atoms with E-state index in [9.17, 15) is 18.0 Å². The number of hydrogen-bond donors (Lipinski definition) is 3. The van der Waals surface area contributed by atoms with E-state index >= 15 is 0 Å². The van der Waals surface area contributed by atoms with Gasteiger partial charge in [-0.05, 0) is 24.6 Å². The van der Waals surface area contributed by atoms with Crippen molar-refractivity contribution < 1.29 is 23.1 Å². The molecular formula is C10H12N2O5S. The molecule has 0 aliphatic carbocycles. The zero-order valence-electron chi connectivity index (χ0n) is 9.50. The maximum Gasteiger partial charge on any atom is 0.335 e. The zero-order valence-corrected chi connectivity index (χ0v) is 10.3. The van der Waals surface area contributed by atoms with Crippen molar-refractivity contribution in [2.75, 3.05) is 6.54 Å². The average Bonchev–Trinajstić information content (AvgIpc) is 2.26. The standard InChI is InChI=1S/C10H12N2O5S/c1-6-2-3-7(10(14)15)4-8(6)18(16,17)12-5-9(11)13/h2-4,12H,5H2,1H3,(H2,11,13)(H,14,15). The molecule has 1 rings (SSSR count). The largest absolute Gasteiger partial charge is 0.478 e. The van der Waals surface area contributed by atoms with Crippen LogP contribution >= 0.6 is 0 Å². The number of carbonyl (C=O) groups is 2. The summed E-state index contributed by atoms with van der Waals surface area (Å²) >= 11 is 0. The van der Waals surface area contributed by atoms with Gasteiger partial charge in [-0.15, -0.1) is 0 Å². The molecule has 0 aliphatic heterocycles. The number of rotatable bonds is 5. The first kappa shape index (κ1) is 14.1. The number of carboxylic acid groups (broad SMARTS) is 1. The summed E-state index contributed by atoms with van der Waals surface area (Å²) in [5, 5.41) is 8.79. The number of benzene rings is 1. The highest BCUT2D eigenvalue weighted by molar-refractivity contribution is 7.89. The Morgan fingerprint density at radius 3 is 2.50 bits per heavy atom. The van der Waals surface area contributed by atoms with Crippen LogP contribution in [0.3, 0.4) is 0 Å². The molecule has 0 spiro atoms. The second-order valence-electron chi connectivity index (χ2n) is 3.58. The van der Waals surface area contributed by atoms with Crippen molar-refractivity contribution >= 4 is 21.9 Å². The van der Waals surface area contributed by atoms with E-state index in [1.807, 2.05) is 4.72 Å². The van der Waals surface area contributed by atoms with Gasteiger partial charge in [-0.3, -0.25) is 4.79 Å². The Hall–Kier alpha value is -1.93. The molecule has 1 aromatic carbocycles. The maximum atomic E-state index is 11.8. The van der Waals surface area contributed by atoms with Crippen molar-refractivity contribution in [2.45, 2.75) is 11.8 Å². The first-order valence-corrected chi connectivity index (χ1v) is 6.34.